The van der Waals surface area contributed by atoms with Gasteiger partial charge in [0.15, 0.2) is 17.0 Å². The van der Waals surface area contributed by atoms with E-state index in [1.165, 1.54) is 19.2 Å². The zero-order valence-corrected chi connectivity index (χ0v) is 19.0. The van der Waals surface area contributed by atoms with Crippen molar-refractivity contribution in [2.75, 3.05) is 29.9 Å². The van der Waals surface area contributed by atoms with Gasteiger partial charge in [0.2, 0.25) is 11.7 Å². The quantitative estimate of drug-likeness (QED) is 0.613. The molecule has 9 nitrogen and oxygen atoms in total. The molecule has 1 saturated heterocycles. The molecule has 0 bridgehead atoms. The minimum atomic E-state index is -0.582. The molecule has 170 valence electrons. The second-order valence-electron chi connectivity index (χ2n) is 9.20. The standard InChI is InChI=1S/C23H24ClN7O2/c1-30-18-17(28-20(30)21(32)25-11-13-5-6-13)19(27-12-26-18)31-9-7-23(8-10-31)14-3-2-4-15(24)16(14)29-22(23)33/h2-4,12-13H,5-11H2,1H3,(H,25,32)(H,29,33). The average Bonchev–Trinajstić information content (AvgIpc) is 3.54. The molecular formula is C23H24ClN7O2. The predicted octanol–water partition coefficient (Wildman–Crippen LogP) is 2.65. The maximum absolute atomic E-state index is 13.0. The molecule has 1 aliphatic carbocycles. The zero-order valence-electron chi connectivity index (χ0n) is 18.3. The van der Waals surface area contributed by atoms with E-state index in [1.54, 1.807) is 17.7 Å². The van der Waals surface area contributed by atoms with Gasteiger partial charge in [-0.15, -0.1) is 0 Å². The summed E-state index contributed by atoms with van der Waals surface area (Å²) in [5, 5.41) is 6.53. The van der Waals surface area contributed by atoms with E-state index in [9.17, 15) is 9.59 Å². The molecule has 0 unspecified atom stereocenters. The number of hydrogen-bond donors (Lipinski definition) is 2. The summed E-state index contributed by atoms with van der Waals surface area (Å²) in [6.07, 6.45) is 5.12. The van der Waals surface area contributed by atoms with E-state index < -0.39 is 5.41 Å². The smallest absolute Gasteiger partial charge is 0.287 e. The normalized spacial score (nSPS) is 19.1. The minimum Gasteiger partial charge on any atom is -0.355 e. The number of para-hydroxylation sites is 1. The van der Waals surface area contributed by atoms with Gasteiger partial charge in [0.1, 0.15) is 6.33 Å². The Bertz CT molecular complexity index is 1290. The van der Waals surface area contributed by atoms with Gasteiger partial charge in [0, 0.05) is 26.7 Å². The number of nitrogens with zero attached hydrogens (tertiary/aromatic N) is 5. The van der Waals surface area contributed by atoms with Crippen LogP contribution in [0.25, 0.3) is 11.2 Å². The first-order valence-electron chi connectivity index (χ1n) is 11.3. The van der Waals surface area contributed by atoms with Crippen LogP contribution < -0.4 is 15.5 Å². The molecule has 2 amide bonds. The molecule has 2 aromatic heterocycles. The van der Waals surface area contributed by atoms with Crippen molar-refractivity contribution in [2.45, 2.75) is 31.1 Å². The van der Waals surface area contributed by atoms with Crippen molar-refractivity contribution in [1.82, 2.24) is 24.8 Å². The summed E-state index contributed by atoms with van der Waals surface area (Å²) in [5.41, 5.74) is 2.34. The summed E-state index contributed by atoms with van der Waals surface area (Å²) in [6.45, 7) is 1.94. The Kier molecular flexibility index (Phi) is 4.58. The lowest BCUT2D eigenvalue weighted by Crippen LogP contribution is -2.46. The fraction of sp³-hybridized carbons (Fsp3) is 0.435. The van der Waals surface area contributed by atoms with Gasteiger partial charge in [-0.3, -0.25) is 9.59 Å². The summed E-state index contributed by atoms with van der Waals surface area (Å²) in [7, 11) is 1.80. The van der Waals surface area contributed by atoms with Crippen LogP contribution in [0.2, 0.25) is 5.02 Å². The Labute approximate surface area is 195 Å². The summed E-state index contributed by atoms with van der Waals surface area (Å²) in [5.74, 6) is 1.43. The van der Waals surface area contributed by atoms with Crippen molar-refractivity contribution in [3.8, 4) is 0 Å². The first kappa shape index (κ1) is 20.4. The molecular weight excluding hydrogens is 442 g/mol. The van der Waals surface area contributed by atoms with Crippen molar-refractivity contribution in [1.29, 1.82) is 0 Å². The lowest BCUT2D eigenvalue weighted by Gasteiger charge is -2.38. The SMILES string of the molecule is Cn1c(C(=O)NCC2CC2)nc2c(N3CCC4(CC3)C(=O)Nc3c(Cl)cccc34)ncnc21. The molecule has 6 rings (SSSR count). The van der Waals surface area contributed by atoms with Crippen molar-refractivity contribution in [3.05, 3.63) is 40.9 Å². The maximum Gasteiger partial charge on any atom is 0.287 e. The number of nitrogens with one attached hydrogen (secondary N) is 2. The number of hydrogen-bond acceptors (Lipinski definition) is 6. The number of halogens is 1. The van der Waals surface area contributed by atoms with Gasteiger partial charge >= 0.3 is 0 Å². The maximum atomic E-state index is 13.0. The first-order chi connectivity index (χ1) is 16.0. The Hall–Kier alpha value is -3.20. The second kappa shape index (κ2) is 7.41. The number of rotatable bonds is 4. The molecule has 2 fully saturated rings. The Morgan fingerprint density at radius 2 is 2.06 bits per heavy atom. The summed E-state index contributed by atoms with van der Waals surface area (Å²) >= 11 is 6.33. The highest BCUT2D eigenvalue weighted by Crippen LogP contribution is 2.47. The first-order valence-corrected chi connectivity index (χ1v) is 11.7. The van der Waals surface area contributed by atoms with E-state index in [2.05, 4.69) is 30.5 Å². The molecule has 3 aromatic rings. The monoisotopic (exact) mass is 465 g/mol. The van der Waals surface area contributed by atoms with E-state index >= 15 is 0 Å². The molecule has 33 heavy (non-hydrogen) atoms. The number of benzene rings is 1. The number of anilines is 2. The van der Waals surface area contributed by atoms with Gasteiger partial charge in [-0.05, 0) is 43.2 Å². The number of imidazole rings is 1. The van der Waals surface area contributed by atoms with Crippen LogP contribution in [0.1, 0.15) is 41.9 Å². The fourth-order valence-corrected chi connectivity index (χ4v) is 5.28. The van der Waals surface area contributed by atoms with Crippen LogP contribution >= 0.6 is 11.6 Å². The number of aryl methyl sites for hydroxylation is 1. The number of carbonyl (C=O) groups excluding carboxylic acids is 2. The lowest BCUT2D eigenvalue weighted by atomic mass is 9.73. The van der Waals surface area contributed by atoms with Crippen molar-refractivity contribution in [3.63, 3.8) is 0 Å². The molecule has 10 heteroatoms. The van der Waals surface area contributed by atoms with Crippen LogP contribution in [0.5, 0.6) is 0 Å². The molecule has 2 N–H and O–H groups in total. The molecule has 3 aliphatic rings. The third kappa shape index (κ3) is 3.17. The summed E-state index contributed by atoms with van der Waals surface area (Å²) in [6, 6.07) is 5.68. The van der Waals surface area contributed by atoms with Crippen LogP contribution in [0.4, 0.5) is 11.5 Å². The number of fused-ring (bicyclic) bond motifs is 3. The average molecular weight is 466 g/mol. The van der Waals surface area contributed by atoms with Crippen LogP contribution in [0, 0.1) is 5.92 Å². The van der Waals surface area contributed by atoms with Crippen LogP contribution in [-0.4, -0.2) is 51.0 Å². The van der Waals surface area contributed by atoms with Gasteiger partial charge in [0.25, 0.3) is 5.91 Å². The van der Waals surface area contributed by atoms with Gasteiger partial charge in [-0.1, -0.05) is 23.7 Å². The fourth-order valence-electron chi connectivity index (χ4n) is 5.06. The number of aromatic nitrogens is 4. The van der Waals surface area contributed by atoms with Gasteiger partial charge in [-0.2, -0.15) is 0 Å². The molecule has 4 heterocycles. The number of piperidine rings is 1. The molecule has 0 radical (unpaired) electrons. The second-order valence-corrected chi connectivity index (χ2v) is 9.61. The topological polar surface area (TPSA) is 105 Å². The van der Waals surface area contributed by atoms with Crippen LogP contribution in [-0.2, 0) is 17.3 Å². The van der Waals surface area contributed by atoms with Crippen molar-refractivity contribution < 1.29 is 9.59 Å². The highest BCUT2D eigenvalue weighted by atomic mass is 35.5. The molecule has 1 aromatic carbocycles. The van der Waals surface area contributed by atoms with E-state index in [0.29, 0.717) is 66.2 Å². The zero-order chi connectivity index (χ0) is 22.7. The number of amides is 2. The molecule has 2 aliphatic heterocycles. The summed E-state index contributed by atoms with van der Waals surface area (Å²) < 4.78 is 1.72. The van der Waals surface area contributed by atoms with Crippen LogP contribution in [0.3, 0.4) is 0 Å². The van der Waals surface area contributed by atoms with Gasteiger partial charge in [0.05, 0.1) is 16.1 Å². The Morgan fingerprint density at radius 1 is 1.27 bits per heavy atom. The minimum absolute atomic E-state index is 0.00513. The van der Waals surface area contributed by atoms with E-state index in [1.807, 2.05) is 12.1 Å². The van der Waals surface area contributed by atoms with Crippen LogP contribution in [0.15, 0.2) is 24.5 Å². The number of carbonyl (C=O) groups is 2. The highest BCUT2D eigenvalue weighted by Gasteiger charge is 2.49. The molecule has 0 atom stereocenters. The van der Waals surface area contributed by atoms with Gasteiger partial charge < -0.3 is 20.1 Å². The van der Waals surface area contributed by atoms with Crippen molar-refractivity contribution >= 4 is 46.1 Å². The van der Waals surface area contributed by atoms with Gasteiger partial charge in [-0.25, -0.2) is 15.0 Å². The lowest BCUT2D eigenvalue weighted by molar-refractivity contribution is -0.121. The van der Waals surface area contributed by atoms with E-state index in [0.717, 1.165) is 11.3 Å². The molecule has 1 saturated carbocycles. The Morgan fingerprint density at radius 3 is 2.82 bits per heavy atom. The van der Waals surface area contributed by atoms with Crippen molar-refractivity contribution in [2.24, 2.45) is 13.0 Å². The third-order valence-electron chi connectivity index (χ3n) is 7.21. The van der Waals surface area contributed by atoms with E-state index in [4.69, 9.17) is 11.6 Å². The third-order valence-corrected chi connectivity index (χ3v) is 7.52. The highest BCUT2D eigenvalue weighted by molar-refractivity contribution is 6.34. The predicted molar refractivity (Wildman–Crippen MR) is 125 cm³/mol. The summed E-state index contributed by atoms with van der Waals surface area (Å²) in [4.78, 5) is 41.3. The van der Waals surface area contributed by atoms with E-state index in [-0.39, 0.29) is 11.8 Å². The largest absolute Gasteiger partial charge is 0.355 e. The Balaban J connectivity index is 1.28. The molecule has 1 spiro atoms.